The molecule has 4 nitrogen and oxygen atoms in total. The number of likely N-dealkylation sites (tertiary alicyclic amines) is 1. The normalized spacial score (nSPS) is 23.2. The van der Waals surface area contributed by atoms with Gasteiger partial charge in [-0.15, -0.1) is 0 Å². The molecule has 1 amide bonds. The predicted molar refractivity (Wildman–Crippen MR) is 73.1 cm³/mol. The van der Waals surface area contributed by atoms with E-state index in [1.807, 2.05) is 24.3 Å². The Morgan fingerprint density at radius 1 is 1.42 bits per heavy atom. The van der Waals surface area contributed by atoms with E-state index in [4.69, 9.17) is 4.74 Å². The van der Waals surface area contributed by atoms with Gasteiger partial charge < -0.3 is 14.7 Å². The maximum atomic E-state index is 12.2. The molecular weight excluding hydrogens is 242 g/mol. The summed E-state index contributed by atoms with van der Waals surface area (Å²) in [6.07, 6.45) is 2.00. The number of hydrogen-bond donors (Lipinski definition) is 1. The summed E-state index contributed by atoms with van der Waals surface area (Å²) < 4.78 is 5.09. The van der Waals surface area contributed by atoms with Gasteiger partial charge in [0.05, 0.1) is 19.1 Å². The number of benzene rings is 1. The summed E-state index contributed by atoms with van der Waals surface area (Å²) in [4.78, 5) is 14.0. The van der Waals surface area contributed by atoms with Gasteiger partial charge in [0, 0.05) is 13.1 Å². The van der Waals surface area contributed by atoms with E-state index in [2.05, 4.69) is 0 Å². The van der Waals surface area contributed by atoms with E-state index < -0.39 is 5.60 Å². The van der Waals surface area contributed by atoms with Crippen LogP contribution in [0.2, 0.25) is 0 Å². The summed E-state index contributed by atoms with van der Waals surface area (Å²) in [6, 6.07) is 7.52. The average Bonchev–Trinajstić information content (AvgIpc) is 2.38. The van der Waals surface area contributed by atoms with Crippen LogP contribution in [0.5, 0.6) is 5.75 Å². The lowest BCUT2D eigenvalue weighted by atomic mass is 9.95. The van der Waals surface area contributed by atoms with Crippen molar-refractivity contribution in [1.29, 1.82) is 0 Å². The Morgan fingerprint density at radius 2 is 2.11 bits per heavy atom. The molecule has 0 bridgehead atoms. The minimum atomic E-state index is -0.742. The number of aliphatic hydroxyl groups is 1. The van der Waals surface area contributed by atoms with Crippen molar-refractivity contribution in [2.45, 2.75) is 31.8 Å². The zero-order chi connectivity index (χ0) is 13.9. The summed E-state index contributed by atoms with van der Waals surface area (Å²) in [5.41, 5.74) is 0.226. The van der Waals surface area contributed by atoms with Crippen molar-refractivity contribution in [2.75, 3.05) is 20.2 Å². The summed E-state index contributed by atoms with van der Waals surface area (Å²) in [5, 5.41) is 10.0. The van der Waals surface area contributed by atoms with Gasteiger partial charge >= 0.3 is 0 Å². The van der Waals surface area contributed by atoms with Crippen LogP contribution in [0.25, 0.3) is 0 Å². The Labute approximate surface area is 114 Å². The minimum Gasteiger partial charge on any atom is -0.497 e. The van der Waals surface area contributed by atoms with Gasteiger partial charge in [0.2, 0.25) is 5.91 Å². The van der Waals surface area contributed by atoms with Crippen molar-refractivity contribution in [1.82, 2.24) is 4.90 Å². The fraction of sp³-hybridized carbons (Fsp3) is 0.533. The van der Waals surface area contributed by atoms with E-state index in [-0.39, 0.29) is 5.91 Å². The van der Waals surface area contributed by atoms with Crippen molar-refractivity contribution >= 4 is 5.91 Å². The lowest BCUT2D eigenvalue weighted by Crippen LogP contribution is -2.49. The standard InChI is InChI=1S/C15H21NO3/c1-15(18)8-3-9-16(11-15)14(17)10-12-4-6-13(19-2)7-5-12/h4-7,18H,3,8-11H2,1-2H3. The first-order chi connectivity index (χ1) is 9.00. The minimum absolute atomic E-state index is 0.0742. The highest BCUT2D eigenvalue weighted by Crippen LogP contribution is 2.21. The van der Waals surface area contributed by atoms with E-state index in [1.165, 1.54) is 0 Å². The molecule has 0 aliphatic carbocycles. The second kappa shape index (κ2) is 5.61. The third-order valence-corrected chi connectivity index (χ3v) is 3.54. The van der Waals surface area contributed by atoms with Gasteiger partial charge in [0.15, 0.2) is 0 Å². The van der Waals surface area contributed by atoms with Crippen LogP contribution >= 0.6 is 0 Å². The van der Waals surface area contributed by atoms with Crippen molar-refractivity contribution in [3.05, 3.63) is 29.8 Å². The number of methoxy groups -OCH3 is 1. The Hall–Kier alpha value is -1.55. The Balaban J connectivity index is 1.96. The molecule has 104 valence electrons. The second-order valence-electron chi connectivity index (χ2n) is 5.44. The van der Waals surface area contributed by atoms with Crippen LogP contribution in [0.15, 0.2) is 24.3 Å². The number of amides is 1. The molecule has 0 spiro atoms. The second-order valence-corrected chi connectivity index (χ2v) is 5.44. The Bertz CT molecular complexity index is 439. The Morgan fingerprint density at radius 3 is 2.68 bits per heavy atom. The van der Waals surface area contributed by atoms with Crippen LogP contribution in [0.1, 0.15) is 25.3 Å². The average molecular weight is 263 g/mol. The van der Waals surface area contributed by atoms with Crippen LogP contribution in [0.4, 0.5) is 0 Å². The summed E-state index contributed by atoms with van der Waals surface area (Å²) in [5.74, 6) is 0.863. The first-order valence-corrected chi connectivity index (χ1v) is 6.63. The van der Waals surface area contributed by atoms with Crippen molar-refractivity contribution in [3.8, 4) is 5.75 Å². The van der Waals surface area contributed by atoms with E-state index in [0.717, 1.165) is 30.7 Å². The van der Waals surface area contributed by atoms with Gasteiger partial charge in [-0.25, -0.2) is 0 Å². The zero-order valence-electron chi connectivity index (χ0n) is 11.6. The van der Waals surface area contributed by atoms with E-state index >= 15 is 0 Å². The first-order valence-electron chi connectivity index (χ1n) is 6.63. The van der Waals surface area contributed by atoms with Crippen LogP contribution in [0.3, 0.4) is 0 Å². The highest BCUT2D eigenvalue weighted by Gasteiger charge is 2.30. The van der Waals surface area contributed by atoms with Gasteiger partial charge in [-0.05, 0) is 37.5 Å². The summed E-state index contributed by atoms with van der Waals surface area (Å²) in [7, 11) is 1.62. The molecule has 19 heavy (non-hydrogen) atoms. The number of piperidine rings is 1. The number of carbonyl (C=O) groups excluding carboxylic acids is 1. The highest BCUT2D eigenvalue weighted by molar-refractivity contribution is 5.79. The smallest absolute Gasteiger partial charge is 0.227 e. The van der Waals surface area contributed by atoms with Crippen LogP contribution in [-0.4, -0.2) is 41.7 Å². The largest absolute Gasteiger partial charge is 0.497 e. The van der Waals surface area contributed by atoms with Crippen LogP contribution in [-0.2, 0) is 11.2 Å². The van der Waals surface area contributed by atoms with Crippen molar-refractivity contribution in [3.63, 3.8) is 0 Å². The molecule has 1 atom stereocenters. The molecule has 0 saturated carbocycles. The van der Waals surface area contributed by atoms with Crippen LogP contribution < -0.4 is 4.74 Å². The summed E-state index contributed by atoms with van der Waals surface area (Å²) >= 11 is 0. The molecule has 1 unspecified atom stereocenters. The monoisotopic (exact) mass is 263 g/mol. The maximum absolute atomic E-state index is 12.2. The molecular formula is C15H21NO3. The molecule has 1 heterocycles. The van der Waals surface area contributed by atoms with Crippen molar-refractivity contribution < 1.29 is 14.6 Å². The highest BCUT2D eigenvalue weighted by atomic mass is 16.5. The van der Waals surface area contributed by atoms with E-state index in [0.29, 0.717) is 13.0 Å². The summed E-state index contributed by atoms with van der Waals surface area (Å²) in [6.45, 7) is 2.97. The molecule has 0 aromatic heterocycles. The van der Waals surface area contributed by atoms with Crippen molar-refractivity contribution in [2.24, 2.45) is 0 Å². The lowest BCUT2D eigenvalue weighted by molar-refractivity contribution is -0.136. The number of hydrogen-bond acceptors (Lipinski definition) is 3. The molecule has 0 radical (unpaired) electrons. The van der Waals surface area contributed by atoms with Gasteiger partial charge in [-0.3, -0.25) is 4.79 Å². The fourth-order valence-corrected chi connectivity index (χ4v) is 2.46. The van der Waals surface area contributed by atoms with E-state index in [9.17, 15) is 9.90 Å². The van der Waals surface area contributed by atoms with Gasteiger partial charge in [-0.1, -0.05) is 12.1 Å². The third-order valence-electron chi connectivity index (χ3n) is 3.54. The van der Waals surface area contributed by atoms with Gasteiger partial charge in [0.25, 0.3) is 0 Å². The molecule has 1 aromatic carbocycles. The number of β-amino-alcohol motifs (C(OH)–C–C–N with tert-alkyl or cyclic N) is 1. The zero-order valence-corrected chi connectivity index (χ0v) is 11.6. The molecule has 2 rings (SSSR count). The van der Waals surface area contributed by atoms with Gasteiger partial charge in [0.1, 0.15) is 5.75 Å². The molecule has 1 saturated heterocycles. The number of carbonyl (C=O) groups is 1. The molecule has 1 aliphatic rings. The fourth-order valence-electron chi connectivity index (χ4n) is 2.46. The van der Waals surface area contributed by atoms with E-state index in [1.54, 1.807) is 18.9 Å². The SMILES string of the molecule is COc1ccc(CC(=O)N2CCCC(C)(O)C2)cc1. The molecule has 4 heteroatoms. The Kier molecular flexibility index (Phi) is 4.10. The predicted octanol–water partition coefficient (Wildman–Crippen LogP) is 1.61. The maximum Gasteiger partial charge on any atom is 0.227 e. The lowest BCUT2D eigenvalue weighted by Gasteiger charge is -2.36. The van der Waals surface area contributed by atoms with Gasteiger partial charge in [-0.2, -0.15) is 0 Å². The molecule has 1 aromatic rings. The van der Waals surface area contributed by atoms with Crippen LogP contribution in [0, 0.1) is 0 Å². The molecule has 1 fully saturated rings. The number of nitrogens with zero attached hydrogens (tertiary/aromatic N) is 1. The number of ether oxygens (including phenoxy) is 1. The third kappa shape index (κ3) is 3.70. The number of rotatable bonds is 3. The first kappa shape index (κ1) is 13.9. The molecule has 1 N–H and O–H groups in total. The topological polar surface area (TPSA) is 49.8 Å². The molecule has 1 aliphatic heterocycles. The quantitative estimate of drug-likeness (QED) is 0.901.